The number of thiophene rings is 1. The Balaban J connectivity index is 2.60. The zero-order valence-electron chi connectivity index (χ0n) is 7.29. The topological polar surface area (TPSA) is 46.5 Å². The first-order valence-corrected chi connectivity index (χ1v) is 5.34. The minimum atomic E-state index is -0.867. The van der Waals surface area contributed by atoms with Crippen LogP contribution < -0.4 is 0 Å². The van der Waals surface area contributed by atoms with Gasteiger partial charge in [-0.25, -0.2) is 0 Å². The van der Waals surface area contributed by atoms with Gasteiger partial charge in [0.25, 0.3) is 0 Å². The quantitative estimate of drug-likeness (QED) is 0.844. The summed E-state index contributed by atoms with van der Waals surface area (Å²) in [7, 11) is 0. The van der Waals surface area contributed by atoms with Gasteiger partial charge in [-0.2, -0.15) is 0 Å². The largest absolute Gasteiger partial charge is 0.463 e. The van der Waals surface area contributed by atoms with E-state index in [1.807, 2.05) is 0 Å². The highest BCUT2D eigenvalue weighted by atomic mass is 35.5. The number of esters is 1. The molecule has 1 N–H and O–H groups in total. The molecule has 0 fully saturated rings. The molecule has 1 rings (SSSR count). The van der Waals surface area contributed by atoms with E-state index in [-0.39, 0.29) is 6.61 Å². The third kappa shape index (κ3) is 3.13. The highest BCUT2D eigenvalue weighted by molar-refractivity contribution is 7.17. The van der Waals surface area contributed by atoms with Gasteiger partial charge >= 0.3 is 5.97 Å². The molecular formula is C8H8Cl2O3S. The van der Waals surface area contributed by atoms with Crippen molar-refractivity contribution in [2.45, 2.75) is 13.0 Å². The Bertz CT molecular complexity index is 318. The van der Waals surface area contributed by atoms with Crippen LogP contribution in [0.3, 0.4) is 0 Å². The summed E-state index contributed by atoms with van der Waals surface area (Å²) in [6.07, 6.45) is -0.867. The van der Waals surface area contributed by atoms with Gasteiger partial charge in [0, 0.05) is 11.8 Å². The van der Waals surface area contributed by atoms with Crippen molar-refractivity contribution in [1.82, 2.24) is 0 Å². The third-order valence-electron chi connectivity index (χ3n) is 1.44. The Morgan fingerprint density at radius 1 is 1.71 bits per heavy atom. The molecule has 0 aliphatic rings. The molecule has 3 nitrogen and oxygen atoms in total. The molecule has 1 aromatic rings. The lowest BCUT2D eigenvalue weighted by molar-refractivity contribution is -0.143. The van der Waals surface area contributed by atoms with Gasteiger partial charge < -0.3 is 9.84 Å². The standard InChI is InChI=1S/C8H8Cl2O3S/c1-4(11)13-3-6(12)7-2-5(9)8(10)14-7/h2,6,12H,3H2,1H3. The van der Waals surface area contributed by atoms with Crippen molar-refractivity contribution in [2.75, 3.05) is 6.61 Å². The number of ether oxygens (including phenoxy) is 1. The van der Waals surface area contributed by atoms with Gasteiger partial charge in [0.05, 0.1) is 5.02 Å². The van der Waals surface area contributed by atoms with Gasteiger partial charge in [0.2, 0.25) is 0 Å². The Morgan fingerprint density at radius 2 is 2.36 bits per heavy atom. The molecule has 0 saturated carbocycles. The molecule has 0 aliphatic carbocycles. The molecule has 1 aromatic heterocycles. The summed E-state index contributed by atoms with van der Waals surface area (Å²) in [5, 5.41) is 9.92. The van der Waals surface area contributed by atoms with Crippen LogP contribution in [0, 0.1) is 0 Å². The molecule has 0 radical (unpaired) electrons. The number of hydrogen-bond acceptors (Lipinski definition) is 4. The van der Waals surface area contributed by atoms with Gasteiger partial charge in [0.1, 0.15) is 17.0 Å². The van der Waals surface area contributed by atoms with Crippen LogP contribution >= 0.6 is 34.5 Å². The van der Waals surface area contributed by atoms with E-state index < -0.39 is 12.1 Å². The first-order chi connectivity index (χ1) is 6.50. The van der Waals surface area contributed by atoms with Crippen molar-refractivity contribution in [2.24, 2.45) is 0 Å². The lowest BCUT2D eigenvalue weighted by Crippen LogP contribution is -2.08. The molecule has 14 heavy (non-hydrogen) atoms. The summed E-state index contributed by atoms with van der Waals surface area (Å²) < 4.78 is 5.06. The number of carbonyl (C=O) groups is 1. The average molecular weight is 255 g/mol. The molecule has 1 heterocycles. The summed E-state index contributed by atoms with van der Waals surface area (Å²) in [6, 6.07) is 1.56. The summed E-state index contributed by atoms with van der Waals surface area (Å²) in [6.45, 7) is 1.20. The molecule has 0 aliphatic heterocycles. The first-order valence-electron chi connectivity index (χ1n) is 3.77. The highest BCUT2D eigenvalue weighted by Crippen LogP contribution is 2.34. The van der Waals surface area contributed by atoms with Gasteiger partial charge in [-0.1, -0.05) is 23.2 Å². The Labute approximate surface area is 95.2 Å². The fourth-order valence-electron chi connectivity index (χ4n) is 0.806. The second-order valence-electron chi connectivity index (χ2n) is 2.59. The van der Waals surface area contributed by atoms with Gasteiger partial charge in [-0.05, 0) is 6.07 Å². The number of halogens is 2. The lowest BCUT2D eigenvalue weighted by Gasteiger charge is -2.07. The molecule has 0 saturated heterocycles. The van der Waals surface area contributed by atoms with Crippen LogP contribution in [0.4, 0.5) is 0 Å². The molecule has 0 amide bonds. The normalized spacial score (nSPS) is 12.6. The number of rotatable bonds is 3. The van der Waals surface area contributed by atoms with Gasteiger partial charge in [-0.3, -0.25) is 4.79 Å². The Hall–Kier alpha value is -0.290. The van der Waals surface area contributed by atoms with Crippen LogP contribution in [-0.2, 0) is 9.53 Å². The van der Waals surface area contributed by atoms with E-state index in [4.69, 9.17) is 23.2 Å². The summed E-state index contributed by atoms with van der Waals surface area (Å²) >= 11 is 12.6. The highest BCUT2D eigenvalue weighted by Gasteiger charge is 2.14. The van der Waals surface area contributed by atoms with E-state index in [9.17, 15) is 9.90 Å². The van der Waals surface area contributed by atoms with Crippen LogP contribution in [0.2, 0.25) is 9.36 Å². The van der Waals surface area contributed by atoms with E-state index in [1.165, 1.54) is 18.3 Å². The van der Waals surface area contributed by atoms with Crippen molar-refractivity contribution in [3.63, 3.8) is 0 Å². The first kappa shape index (κ1) is 11.8. The third-order valence-corrected chi connectivity index (χ3v) is 3.40. The number of hydrogen-bond donors (Lipinski definition) is 1. The van der Waals surface area contributed by atoms with E-state index in [0.717, 1.165) is 0 Å². The zero-order valence-corrected chi connectivity index (χ0v) is 9.62. The van der Waals surface area contributed by atoms with E-state index in [0.29, 0.717) is 14.2 Å². The van der Waals surface area contributed by atoms with Crippen LogP contribution in [-0.4, -0.2) is 17.7 Å². The lowest BCUT2D eigenvalue weighted by atomic mass is 10.3. The van der Waals surface area contributed by atoms with Crippen molar-refractivity contribution < 1.29 is 14.6 Å². The monoisotopic (exact) mass is 254 g/mol. The van der Waals surface area contributed by atoms with Crippen molar-refractivity contribution in [3.05, 3.63) is 20.3 Å². The predicted octanol–water partition coefficient (Wildman–Crippen LogP) is 2.65. The van der Waals surface area contributed by atoms with Crippen molar-refractivity contribution in [1.29, 1.82) is 0 Å². The molecule has 78 valence electrons. The number of aliphatic hydroxyl groups is 1. The second-order valence-corrected chi connectivity index (χ2v) is 4.68. The SMILES string of the molecule is CC(=O)OCC(O)c1cc(Cl)c(Cl)s1. The second kappa shape index (κ2) is 4.98. The Kier molecular flexibility index (Phi) is 4.19. The molecular weight excluding hydrogens is 247 g/mol. The maximum absolute atomic E-state index is 10.5. The number of aliphatic hydroxyl groups excluding tert-OH is 1. The minimum Gasteiger partial charge on any atom is -0.463 e. The minimum absolute atomic E-state index is 0.0808. The van der Waals surface area contributed by atoms with E-state index in [1.54, 1.807) is 6.07 Å². The fourth-order valence-corrected chi connectivity index (χ4v) is 2.17. The Morgan fingerprint density at radius 3 is 2.79 bits per heavy atom. The number of carbonyl (C=O) groups excluding carboxylic acids is 1. The maximum Gasteiger partial charge on any atom is 0.302 e. The van der Waals surface area contributed by atoms with Crippen molar-refractivity contribution in [3.8, 4) is 0 Å². The van der Waals surface area contributed by atoms with Gasteiger partial charge in [-0.15, -0.1) is 11.3 Å². The summed E-state index contributed by atoms with van der Waals surface area (Å²) in [5.74, 6) is -0.433. The molecule has 0 bridgehead atoms. The average Bonchev–Trinajstić information content (AvgIpc) is 2.43. The van der Waals surface area contributed by atoms with Gasteiger partial charge in [0.15, 0.2) is 0 Å². The molecule has 1 unspecified atom stereocenters. The fraction of sp³-hybridized carbons (Fsp3) is 0.375. The van der Waals surface area contributed by atoms with Crippen LogP contribution in [0.1, 0.15) is 17.9 Å². The molecule has 1 atom stereocenters. The van der Waals surface area contributed by atoms with Crippen molar-refractivity contribution >= 4 is 40.5 Å². The zero-order chi connectivity index (χ0) is 10.7. The smallest absolute Gasteiger partial charge is 0.302 e. The van der Waals surface area contributed by atoms with Crippen LogP contribution in [0.15, 0.2) is 6.07 Å². The van der Waals surface area contributed by atoms with Crippen LogP contribution in [0.5, 0.6) is 0 Å². The summed E-state index contributed by atoms with van der Waals surface area (Å²) in [5.41, 5.74) is 0. The molecule has 0 spiro atoms. The molecule has 0 aromatic carbocycles. The molecule has 6 heteroatoms. The maximum atomic E-state index is 10.5. The van der Waals surface area contributed by atoms with Crippen LogP contribution in [0.25, 0.3) is 0 Å². The van der Waals surface area contributed by atoms with E-state index >= 15 is 0 Å². The predicted molar refractivity (Wildman–Crippen MR) is 55.9 cm³/mol. The summed E-state index contributed by atoms with van der Waals surface area (Å²) in [4.78, 5) is 11.1. The van der Waals surface area contributed by atoms with E-state index in [2.05, 4.69) is 4.74 Å².